The van der Waals surface area contributed by atoms with Crippen molar-refractivity contribution in [3.05, 3.63) is 29.5 Å². The van der Waals surface area contributed by atoms with Gasteiger partial charge in [0.15, 0.2) is 0 Å². The van der Waals surface area contributed by atoms with Crippen molar-refractivity contribution in [1.29, 1.82) is 0 Å². The lowest BCUT2D eigenvalue weighted by Crippen LogP contribution is -2.47. The molecule has 0 N–H and O–H groups in total. The molecule has 0 bridgehead atoms. The SMILES string of the molecule is CCN1CCC(N(CC)C(=O)c2csc(-c3cnn(C4=CCCC=N4)c3)n2)CC1. The first-order valence-corrected chi connectivity index (χ1v) is 11.3. The number of carbonyl (C=O) groups is 1. The minimum absolute atomic E-state index is 0.0388. The van der Waals surface area contributed by atoms with E-state index < -0.39 is 0 Å². The number of likely N-dealkylation sites (tertiary alicyclic amines) is 1. The number of hydrogen-bond donors (Lipinski definition) is 0. The summed E-state index contributed by atoms with van der Waals surface area (Å²) in [5.41, 5.74) is 1.45. The predicted octanol–water partition coefficient (Wildman–Crippen LogP) is 3.62. The summed E-state index contributed by atoms with van der Waals surface area (Å²) in [5.74, 6) is 0.878. The first-order valence-electron chi connectivity index (χ1n) is 10.5. The second kappa shape index (κ2) is 9.00. The zero-order valence-corrected chi connectivity index (χ0v) is 17.9. The van der Waals surface area contributed by atoms with Crippen molar-refractivity contribution in [2.24, 2.45) is 4.99 Å². The Labute approximate surface area is 175 Å². The maximum absolute atomic E-state index is 13.1. The van der Waals surface area contributed by atoms with Crippen LogP contribution in [0.1, 0.15) is 50.0 Å². The second-order valence-corrected chi connectivity index (χ2v) is 8.28. The Hall–Kier alpha value is -2.32. The van der Waals surface area contributed by atoms with Crippen LogP contribution in [0.5, 0.6) is 0 Å². The minimum atomic E-state index is 0.0388. The molecule has 0 radical (unpaired) electrons. The average Bonchev–Trinajstić information content (AvgIpc) is 3.45. The Bertz CT molecular complexity index is 906. The van der Waals surface area contributed by atoms with Gasteiger partial charge in [-0.3, -0.25) is 4.79 Å². The molecule has 0 spiro atoms. The third kappa shape index (κ3) is 4.33. The molecule has 29 heavy (non-hydrogen) atoms. The third-order valence-electron chi connectivity index (χ3n) is 5.68. The number of allylic oxidation sites excluding steroid dienone is 1. The molecule has 7 nitrogen and oxygen atoms in total. The number of amides is 1. The fraction of sp³-hybridized carbons (Fsp3) is 0.524. The second-order valence-electron chi connectivity index (χ2n) is 7.42. The van der Waals surface area contributed by atoms with Crippen LogP contribution in [0.25, 0.3) is 16.4 Å². The van der Waals surface area contributed by atoms with Crippen molar-refractivity contribution in [1.82, 2.24) is 24.6 Å². The quantitative estimate of drug-likeness (QED) is 0.727. The van der Waals surface area contributed by atoms with Gasteiger partial charge in [0.05, 0.1) is 6.20 Å². The van der Waals surface area contributed by atoms with Crippen LogP contribution in [0.3, 0.4) is 0 Å². The molecule has 0 saturated carbocycles. The summed E-state index contributed by atoms with van der Waals surface area (Å²) in [4.78, 5) is 26.6. The minimum Gasteiger partial charge on any atom is -0.334 e. The highest BCUT2D eigenvalue weighted by atomic mass is 32.1. The molecule has 2 aromatic rings. The van der Waals surface area contributed by atoms with E-state index in [1.165, 1.54) is 11.3 Å². The van der Waals surface area contributed by atoms with Gasteiger partial charge in [0.2, 0.25) is 0 Å². The van der Waals surface area contributed by atoms with Gasteiger partial charge < -0.3 is 9.80 Å². The number of thiazole rings is 1. The van der Waals surface area contributed by atoms with Crippen LogP contribution in [0.4, 0.5) is 0 Å². The fourth-order valence-corrected chi connectivity index (χ4v) is 4.74. The summed E-state index contributed by atoms with van der Waals surface area (Å²) in [7, 11) is 0. The Morgan fingerprint density at radius 2 is 2.10 bits per heavy atom. The van der Waals surface area contributed by atoms with Crippen LogP contribution in [0.2, 0.25) is 0 Å². The first-order chi connectivity index (χ1) is 14.2. The van der Waals surface area contributed by atoms with Crippen molar-refractivity contribution in [2.75, 3.05) is 26.2 Å². The third-order valence-corrected chi connectivity index (χ3v) is 6.57. The Balaban J connectivity index is 1.47. The maximum Gasteiger partial charge on any atom is 0.273 e. The van der Waals surface area contributed by atoms with E-state index in [4.69, 9.17) is 0 Å². The fourth-order valence-electron chi connectivity index (χ4n) is 3.98. The van der Waals surface area contributed by atoms with E-state index in [1.54, 1.807) is 10.9 Å². The highest BCUT2D eigenvalue weighted by Crippen LogP contribution is 2.26. The van der Waals surface area contributed by atoms with Crippen LogP contribution < -0.4 is 0 Å². The Morgan fingerprint density at radius 1 is 1.28 bits per heavy atom. The van der Waals surface area contributed by atoms with E-state index in [0.717, 1.165) is 61.7 Å². The van der Waals surface area contributed by atoms with Crippen LogP contribution in [-0.2, 0) is 0 Å². The van der Waals surface area contributed by atoms with Gasteiger partial charge in [-0.15, -0.1) is 11.3 Å². The number of rotatable bonds is 6. The van der Waals surface area contributed by atoms with Gasteiger partial charge in [0.1, 0.15) is 16.5 Å². The summed E-state index contributed by atoms with van der Waals surface area (Å²) in [6, 6.07) is 0.305. The zero-order valence-electron chi connectivity index (χ0n) is 17.1. The maximum atomic E-state index is 13.1. The summed E-state index contributed by atoms with van der Waals surface area (Å²) in [6.45, 7) is 8.17. The molecular weight excluding hydrogens is 384 g/mol. The van der Waals surface area contributed by atoms with Crippen LogP contribution in [0, 0.1) is 0 Å². The monoisotopic (exact) mass is 412 g/mol. The van der Waals surface area contributed by atoms with E-state index in [9.17, 15) is 4.79 Å². The number of nitrogens with zero attached hydrogens (tertiary/aromatic N) is 6. The Morgan fingerprint density at radius 3 is 2.79 bits per heavy atom. The molecule has 0 aromatic carbocycles. The van der Waals surface area contributed by atoms with Gasteiger partial charge in [0.25, 0.3) is 5.91 Å². The normalized spacial score (nSPS) is 18.1. The van der Waals surface area contributed by atoms with Gasteiger partial charge in [-0.05, 0) is 45.2 Å². The van der Waals surface area contributed by atoms with Gasteiger partial charge in [0, 0.05) is 49.0 Å². The van der Waals surface area contributed by atoms with E-state index in [0.29, 0.717) is 18.3 Å². The summed E-state index contributed by atoms with van der Waals surface area (Å²) >= 11 is 1.49. The van der Waals surface area contributed by atoms with Crippen molar-refractivity contribution in [2.45, 2.75) is 45.6 Å². The summed E-state index contributed by atoms with van der Waals surface area (Å²) < 4.78 is 1.77. The van der Waals surface area contributed by atoms with Crippen molar-refractivity contribution in [3.8, 4) is 10.6 Å². The molecule has 2 aromatic heterocycles. The number of hydrogen-bond acceptors (Lipinski definition) is 6. The van der Waals surface area contributed by atoms with Gasteiger partial charge in [-0.2, -0.15) is 5.10 Å². The highest BCUT2D eigenvalue weighted by molar-refractivity contribution is 7.13. The molecular formula is C21H28N6OS. The number of aromatic nitrogens is 3. The number of piperidine rings is 1. The molecule has 154 valence electrons. The van der Waals surface area contributed by atoms with Gasteiger partial charge in [-0.25, -0.2) is 14.7 Å². The number of aliphatic imine (C=N–C) groups is 1. The van der Waals surface area contributed by atoms with Gasteiger partial charge in [-0.1, -0.05) is 6.92 Å². The molecule has 0 unspecified atom stereocenters. The van der Waals surface area contributed by atoms with E-state index >= 15 is 0 Å². The van der Waals surface area contributed by atoms with Crippen LogP contribution in [0.15, 0.2) is 28.8 Å². The lowest BCUT2D eigenvalue weighted by atomic mass is 10.0. The molecule has 8 heteroatoms. The largest absolute Gasteiger partial charge is 0.334 e. The molecule has 0 aliphatic carbocycles. The molecule has 2 aliphatic rings. The molecule has 4 rings (SSSR count). The summed E-state index contributed by atoms with van der Waals surface area (Å²) in [6.07, 6.45) is 11.7. The van der Waals surface area contributed by atoms with Gasteiger partial charge >= 0.3 is 0 Å². The van der Waals surface area contributed by atoms with Crippen LogP contribution in [-0.4, -0.2) is 68.9 Å². The molecule has 4 heterocycles. The van der Waals surface area contributed by atoms with E-state index in [-0.39, 0.29) is 5.91 Å². The molecule has 2 aliphatic heterocycles. The predicted molar refractivity (Wildman–Crippen MR) is 117 cm³/mol. The zero-order chi connectivity index (χ0) is 20.2. The van der Waals surface area contributed by atoms with E-state index in [1.807, 2.05) is 22.7 Å². The van der Waals surface area contributed by atoms with Crippen LogP contribution >= 0.6 is 11.3 Å². The van der Waals surface area contributed by atoms with Crippen molar-refractivity contribution < 1.29 is 4.79 Å². The lowest BCUT2D eigenvalue weighted by Gasteiger charge is -2.37. The molecule has 0 atom stereocenters. The molecule has 1 saturated heterocycles. The molecule has 1 fully saturated rings. The van der Waals surface area contributed by atoms with Crippen molar-refractivity contribution >= 4 is 29.3 Å². The molecule has 1 amide bonds. The smallest absolute Gasteiger partial charge is 0.273 e. The lowest BCUT2D eigenvalue weighted by molar-refractivity contribution is 0.0587. The topological polar surface area (TPSA) is 66.6 Å². The Kier molecular flexibility index (Phi) is 6.20. The van der Waals surface area contributed by atoms with E-state index in [2.05, 4.69) is 39.9 Å². The summed E-state index contributed by atoms with van der Waals surface area (Å²) in [5, 5.41) is 7.10. The highest BCUT2D eigenvalue weighted by Gasteiger charge is 2.28. The average molecular weight is 413 g/mol. The number of carbonyl (C=O) groups excluding carboxylic acids is 1. The standard InChI is InChI=1S/C21H28N6OS/c1-3-25-11-8-17(9-12-25)26(4-2)21(28)18-15-29-20(24-18)16-13-23-27(14-16)19-7-5-6-10-22-19/h7,10,13-15,17H,3-6,8-9,11-12H2,1-2H3. The first kappa shape index (κ1) is 20.0. The van der Waals surface area contributed by atoms with Crippen molar-refractivity contribution in [3.63, 3.8) is 0 Å².